The van der Waals surface area contributed by atoms with Crippen molar-refractivity contribution < 1.29 is 13.2 Å². The molecule has 0 bridgehead atoms. The van der Waals surface area contributed by atoms with E-state index in [4.69, 9.17) is 11.6 Å². The van der Waals surface area contributed by atoms with Crippen LogP contribution in [-0.2, 0) is 14.8 Å². The third-order valence-corrected chi connectivity index (χ3v) is 9.04. The first-order valence-corrected chi connectivity index (χ1v) is 13.8. The van der Waals surface area contributed by atoms with Gasteiger partial charge >= 0.3 is 0 Å². The number of aromatic nitrogens is 2. The second-order valence-electron chi connectivity index (χ2n) is 8.75. The zero-order chi connectivity index (χ0) is 24.5. The van der Waals surface area contributed by atoms with Gasteiger partial charge in [-0.05, 0) is 68.4 Å². The van der Waals surface area contributed by atoms with E-state index < -0.39 is 10.0 Å². The van der Waals surface area contributed by atoms with Crippen LogP contribution in [0.3, 0.4) is 0 Å². The summed E-state index contributed by atoms with van der Waals surface area (Å²) in [6.07, 6.45) is 6.51. The van der Waals surface area contributed by atoms with Crippen LogP contribution in [0.4, 0.5) is 10.8 Å². The number of hydrogen-bond donors (Lipinski definition) is 2. The third-order valence-electron chi connectivity index (χ3n) is 6.00. The number of halogens is 1. The van der Waals surface area contributed by atoms with E-state index in [9.17, 15) is 13.2 Å². The summed E-state index contributed by atoms with van der Waals surface area (Å²) >= 11 is 7.30. The standard InChI is InChI=1S/C24H27ClN4O3S2/c1-14-8-9-18(12-20(14)34(31,32)29-19-10-15(2)23(25)26-13-19)22-16(3)27-24(33-22)28-21(30)11-17-6-4-5-7-17/h8-10,12-13,17,29H,4-7,11H2,1-3H3,(H,27,28,30). The van der Waals surface area contributed by atoms with Gasteiger partial charge in [-0.15, -0.1) is 0 Å². The Morgan fingerprint density at radius 3 is 2.59 bits per heavy atom. The molecule has 0 saturated heterocycles. The monoisotopic (exact) mass is 518 g/mol. The van der Waals surface area contributed by atoms with Crippen molar-refractivity contribution in [2.75, 3.05) is 10.0 Å². The largest absolute Gasteiger partial charge is 0.302 e. The van der Waals surface area contributed by atoms with Gasteiger partial charge in [0.05, 0.1) is 27.4 Å². The van der Waals surface area contributed by atoms with Gasteiger partial charge in [0.1, 0.15) is 5.15 Å². The Labute approximate surface area is 209 Å². The lowest BCUT2D eigenvalue weighted by Crippen LogP contribution is -2.14. The molecule has 3 aromatic rings. The normalized spacial score (nSPS) is 14.4. The Bertz CT molecular complexity index is 1330. The highest BCUT2D eigenvalue weighted by Gasteiger charge is 2.22. The van der Waals surface area contributed by atoms with Crippen LogP contribution in [-0.4, -0.2) is 24.3 Å². The van der Waals surface area contributed by atoms with Crippen molar-refractivity contribution in [3.8, 4) is 10.4 Å². The van der Waals surface area contributed by atoms with Gasteiger partial charge in [0, 0.05) is 6.42 Å². The molecule has 0 spiro atoms. The number of hydrogen-bond acceptors (Lipinski definition) is 6. The maximum Gasteiger partial charge on any atom is 0.262 e. The van der Waals surface area contributed by atoms with E-state index in [0.29, 0.717) is 39.4 Å². The number of nitrogens with one attached hydrogen (secondary N) is 2. The molecule has 2 heterocycles. The average Bonchev–Trinajstić information content (AvgIpc) is 3.40. The molecule has 1 saturated carbocycles. The van der Waals surface area contributed by atoms with Crippen molar-refractivity contribution in [2.45, 2.75) is 57.8 Å². The quantitative estimate of drug-likeness (QED) is 0.368. The van der Waals surface area contributed by atoms with Crippen molar-refractivity contribution in [2.24, 2.45) is 5.92 Å². The number of carbonyl (C=O) groups is 1. The minimum absolute atomic E-state index is 0.0181. The van der Waals surface area contributed by atoms with E-state index in [1.54, 1.807) is 32.0 Å². The summed E-state index contributed by atoms with van der Waals surface area (Å²) in [4.78, 5) is 21.9. The van der Waals surface area contributed by atoms with E-state index in [1.165, 1.54) is 30.4 Å². The Kier molecular flexibility index (Phi) is 7.25. The van der Waals surface area contributed by atoms with Crippen LogP contribution >= 0.6 is 22.9 Å². The second kappa shape index (κ2) is 10.0. The van der Waals surface area contributed by atoms with Crippen LogP contribution in [0.15, 0.2) is 35.4 Å². The molecule has 0 unspecified atom stereocenters. The zero-order valence-electron chi connectivity index (χ0n) is 19.3. The smallest absolute Gasteiger partial charge is 0.262 e. The van der Waals surface area contributed by atoms with Crippen molar-refractivity contribution in [1.82, 2.24) is 9.97 Å². The van der Waals surface area contributed by atoms with E-state index >= 15 is 0 Å². The molecule has 0 atom stereocenters. The van der Waals surface area contributed by atoms with Gasteiger partial charge in [-0.2, -0.15) is 0 Å². The van der Waals surface area contributed by atoms with Gasteiger partial charge in [0.2, 0.25) is 5.91 Å². The molecule has 34 heavy (non-hydrogen) atoms. The summed E-state index contributed by atoms with van der Waals surface area (Å²) in [6.45, 7) is 5.36. The molecular formula is C24H27ClN4O3S2. The van der Waals surface area contributed by atoms with Gasteiger partial charge in [-0.3, -0.25) is 9.52 Å². The fourth-order valence-electron chi connectivity index (χ4n) is 4.22. The first kappa shape index (κ1) is 24.6. The lowest BCUT2D eigenvalue weighted by Gasteiger charge is -2.12. The zero-order valence-corrected chi connectivity index (χ0v) is 21.7. The summed E-state index contributed by atoms with van der Waals surface area (Å²) in [5, 5.41) is 3.77. The number of benzene rings is 1. The van der Waals surface area contributed by atoms with Gasteiger partial charge in [0.25, 0.3) is 10.0 Å². The molecule has 10 heteroatoms. The predicted octanol–water partition coefficient (Wildman–Crippen LogP) is 6.10. The Morgan fingerprint density at radius 1 is 1.15 bits per heavy atom. The molecule has 1 aliphatic rings. The maximum absolute atomic E-state index is 13.2. The molecule has 180 valence electrons. The SMILES string of the molecule is Cc1ccc(-c2sc(NC(=O)CC3CCCC3)nc2C)cc1S(=O)(=O)Nc1cnc(Cl)c(C)c1. The second-order valence-corrected chi connectivity index (χ2v) is 11.8. The summed E-state index contributed by atoms with van der Waals surface area (Å²) in [5.74, 6) is 0.438. The topological polar surface area (TPSA) is 101 Å². The minimum atomic E-state index is -3.86. The Hall–Kier alpha value is -2.49. The first-order valence-electron chi connectivity index (χ1n) is 11.2. The van der Waals surface area contributed by atoms with Crippen LogP contribution in [0, 0.1) is 26.7 Å². The number of pyridine rings is 1. The molecule has 2 N–H and O–H groups in total. The van der Waals surface area contributed by atoms with Crippen LogP contribution in [0.25, 0.3) is 10.4 Å². The minimum Gasteiger partial charge on any atom is -0.302 e. The fourth-order valence-corrected chi connectivity index (χ4v) is 6.61. The number of amides is 1. The summed E-state index contributed by atoms with van der Waals surface area (Å²) in [7, 11) is -3.86. The van der Waals surface area contributed by atoms with Crippen molar-refractivity contribution >= 4 is 49.7 Å². The lowest BCUT2D eigenvalue weighted by atomic mass is 10.0. The molecule has 0 radical (unpaired) electrons. The molecule has 1 aliphatic carbocycles. The number of nitrogens with zero attached hydrogens (tertiary/aromatic N) is 2. The van der Waals surface area contributed by atoms with Crippen molar-refractivity contribution in [3.63, 3.8) is 0 Å². The van der Waals surface area contributed by atoms with Crippen LogP contribution in [0.1, 0.15) is 48.9 Å². The molecule has 0 aliphatic heterocycles. The number of carbonyl (C=O) groups excluding carboxylic acids is 1. The highest BCUT2D eigenvalue weighted by atomic mass is 35.5. The molecule has 7 nitrogen and oxygen atoms in total. The van der Waals surface area contributed by atoms with Gasteiger partial charge in [-0.25, -0.2) is 18.4 Å². The highest BCUT2D eigenvalue weighted by molar-refractivity contribution is 7.92. The third kappa shape index (κ3) is 5.59. The van der Waals surface area contributed by atoms with E-state index in [0.717, 1.165) is 29.0 Å². The number of sulfonamides is 1. The van der Waals surface area contributed by atoms with Crippen molar-refractivity contribution in [3.05, 3.63) is 52.4 Å². The highest BCUT2D eigenvalue weighted by Crippen LogP contribution is 2.35. The van der Waals surface area contributed by atoms with E-state index in [1.807, 2.05) is 13.0 Å². The summed E-state index contributed by atoms with van der Waals surface area (Å²) < 4.78 is 28.9. The fraction of sp³-hybridized carbons (Fsp3) is 0.375. The van der Waals surface area contributed by atoms with Gasteiger partial charge in [-0.1, -0.05) is 47.9 Å². The molecule has 1 amide bonds. The number of aryl methyl sites for hydroxylation is 3. The van der Waals surface area contributed by atoms with Crippen LogP contribution in [0.2, 0.25) is 5.15 Å². The van der Waals surface area contributed by atoms with Crippen molar-refractivity contribution in [1.29, 1.82) is 0 Å². The number of rotatable bonds is 7. The van der Waals surface area contributed by atoms with Gasteiger partial charge in [0.15, 0.2) is 5.13 Å². The molecular weight excluding hydrogens is 492 g/mol. The number of thiazole rings is 1. The molecule has 1 fully saturated rings. The van der Waals surface area contributed by atoms with Crippen LogP contribution < -0.4 is 10.0 Å². The molecule has 1 aromatic carbocycles. The van der Waals surface area contributed by atoms with Crippen LogP contribution in [0.5, 0.6) is 0 Å². The number of anilines is 2. The average molecular weight is 519 g/mol. The molecule has 2 aromatic heterocycles. The summed E-state index contributed by atoms with van der Waals surface area (Å²) in [5.41, 5.74) is 3.09. The Balaban J connectivity index is 1.56. The van der Waals surface area contributed by atoms with E-state index in [-0.39, 0.29) is 10.8 Å². The first-order chi connectivity index (χ1) is 16.1. The maximum atomic E-state index is 13.2. The Morgan fingerprint density at radius 2 is 1.88 bits per heavy atom. The van der Waals surface area contributed by atoms with E-state index in [2.05, 4.69) is 20.0 Å². The predicted molar refractivity (Wildman–Crippen MR) is 137 cm³/mol. The molecule has 4 rings (SSSR count). The summed E-state index contributed by atoms with van der Waals surface area (Å²) in [6, 6.07) is 6.91. The van der Waals surface area contributed by atoms with Gasteiger partial charge < -0.3 is 5.32 Å². The lowest BCUT2D eigenvalue weighted by molar-refractivity contribution is -0.117.